The second-order valence-corrected chi connectivity index (χ2v) is 9.13. The van der Waals surface area contributed by atoms with Gasteiger partial charge >= 0.3 is 0 Å². The lowest BCUT2D eigenvalue weighted by Gasteiger charge is -2.32. The van der Waals surface area contributed by atoms with Crippen molar-refractivity contribution in [1.82, 2.24) is 4.90 Å². The van der Waals surface area contributed by atoms with E-state index in [4.69, 9.17) is 11.6 Å². The van der Waals surface area contributed by atoms with Crippen LogP contribution in [-0.2, 0) is 14.6 Å². The summed E-state index contributed by atoms with van der Waals surface area (Å²) in [6, 6.07) is 10.1. The number of amides is 1. The molecule has 0 spiro atoms. The van der Waals surface area contributed by atoms with Gasteiger partial charge in [-0.2, -0.15) is 0 Å². The lowest BCUT2D eigenvalue weighted by molar-refractivity contribution is -0.127. The Labute approximate surface area is 167 Å². The maximum absolute atomic E-state index is 13.9. The Bertz CT molecular complexity index is 1060. The van der Waals surface area contributed by atoms with E-state index in [1.54, 1.807) is 29.2 Å². The number of hydrogen-bond acceptors (Lipinski definition) is 4. The summed E-state index contributed by atoms with van der Waals surface area (Å²) in [6.07, 6.45) is 4.01. The van der Waals surface area contributed by atoms with E-state index in [-0.39, 0.29) is 15.5 Å². The van der Waals surface area contributed by atoms with Crippen molar-refractivity contribution in [2.75, 3.05) is 18.0 Å². The molecule has 1 amide bonds. The molecule has 2 aromatic rings. The fourth-order valence-electron chi connectivity index (χ4n) is 3.52. The number of carbonyl (C=O) groups is 1. The van der Waals surface area contributed by atoms with Crippen molar-refractivity contribution in [1.29, 1.82) is 0 Å². The highest BCUT2D eigenvalue weighted by Gasteiger charge is 2.38. The first-order valence-corrected chi connectivity index (χ1v) is 10.8. The van der Waals surface area contributed by atoms with Crippen LogP contribution in [0.15, 0.2) is 58.5 Å². The Balaban J connectivity index is 1.87. The van der Waals surface area contributed by atoms with Gasteiger partial charge in [-0.25, -0.2) is 12.8 Å². The fraction of sp³-hybridized carbons (Fsp3) is 0.250. The summed E-state index contributed by atoms with van der Waals surface area (Å²) >= 11 is 5.95. The van der Waals surface area contributed by atoms with Gasteiger partial charge < -0.3 is 9.80 Å². The lowest BCUT2D eigenvalue weighted by atomic mass is 10.1. The molecule has 2 aromatic carbocycles. The van der Waals surface area contributed by atoms with Crippen molar-refractivity contribution >= 4 is 38.7 Å². The maximum atomic E-state index is 13.9. The molecular weight excluding hydrogens is 403 g/mol. The molecule has 0 radical (unpaired) electrons. The van der Waals surface area contributed by atoms with E-state index in [9.17, 15) is 17.6 Å². The fourth-order valence-corrected chi connectivity index (χ4v) is 5.16. The van der Waals surface area contributed by atoms with Crippen molar-refractivity contribution in [3.05, 3.63) is 64.4 Å². The van der Waals surface area contributed by atoms with Crippen LogP contribution in [0.5, 0.6) is 0 Å². The highest BCUT2D eigenvalue weighted by molar-refractivity contribution is 7.96. The quantitative estimate of drug-likeness (QED) is 0.681. The molecule has 1 fully saturated rings. The van der Waals surface area contributed by atoms with Gasteiger partial charge in [-0.15, -0.1) is 0 Å². The normalized spacial score (nSPS) is 18.4. The third-order valence-electron chi connectivity index (χ3n) is 4.96. The van der Waals surface area contributed by atoms with Crippen LogP contribution in [0.3, 0.4) is 0 Å². The molecule has 4 rings (SSSR count). The molecule has 0 N–H and O–H groups in total. The lowest BCUT2D eigenvalue weighted by Crippen LogP contribution is -2.39. The number of likely N-dealkylation sites (tertiary alicyclic amines) is 1. The standard InChI is InChI=1S/C20H18ClFN2O3S/c21-14-4-7-16(8-5-14)24-13-19(20(25)23-10-2-1-3-11-23)28(26,27)18-9-6-15(22)12-17(18)24/h4-9,12-13H,1-3,10-11H2. The first-order valence-electron chi connectivity index (χ1n) is 8.98. The Morgan fingerprint density at radius 1 is 1.00 bits per heavy atom. The maximum Gasteiger partial charge on any atom is 0.267 e. The van der Waals surface area contributed by atoms with Gasteiger partial charge in [0.15, 0.2) is 4.91 Å². The summed E-state index contributed by atoms with van der Waals surface area (Å²) in [7, 11) is -4.06. The number of benzene rings is 2. The minimum absolute atomic E-state index is 0.0910. The van der Waals surface area contributed by atoms with Crippen molar-refractivity contribution in [2.45, 2.75) is 24.2 Å². The second kappa shape index (κ2) is 7.22. The average molecular weight is 421 g/mol. The molecule has 0 aromatic heterocycles. The Morgan fingerprint density at radius 3 is 2.36 bits per heavy atom. The zero-order valence-corrected chi connectivity index (χ0v) is 16.5. The van der Waals surface area contributed by atoms with E-state index in [0.717, 1.165) is 31.4 Å². The molecule has 0 aliphatic carbocycles. The van der Waals surface area contributed by atoms with Gasteiger partial charge in [0.2, 0.25) is 9.84 Å². The van der Waals surface area contributed by atoms with Crippen molar-refractivity contribution in [3.8, 4) is 0 Å². The molecule has 28 heavy (non-hydrogen) atoms. The molecule has 1 saturated heterocycles. The van der Waals surface area contributed by atoms with Crippen LogP contribution in [0.2, 0.25) is 5.02 Å². The Morgan fingerprint density at radius 2 is 1.68 bits per heavy atom. The van der Waals surface area contributed by atoms with E-state index in [0.29, 0.717) is 23.8 Å². The third kappa shape index (κ3) is 3.29. The average Bonchev–Trinajstić information content (AvgIpc) is 2.69. The molecule has 5 nitrogen and oxygen atoms in total. The van der Waals surface area contributed by atoms with Crippen molar-refractivity contribution in [3.63, 3.8) is 0 Å². The van der Waals surface area contributed by atoms with Gasteiger partial charge in [0.05, 0.1) is 10.6 Å². The van der Waals surface area contributed by atoms with E-state index in [2.05, 4.69) is 0 Å². The van der Waals surface area contributed by atoms with Crippen LogP contribution >= 0.6 is 11.6 Å². The third-order valence-corrected chi connectivity index (χ3v) is 7.00. The van der Waals surface area contributed by atoms with Gasteiger partial charge in [0, 0.05) is 30.0 Å². The van der Waals surface area contributed by atoms with Gasteiger partial charge in [-0.1, -0.05) is 11.6 Å². The monoisotopic (exact) mass is 420 g/mol. The topological polar surface area (TPSA) is 57.7 Å². The highest BCUT2D eigenvalue weighted by Crippen LogP contribution is 2.40. The summed E-state index contributed by atoms with van der Waals surface area (Å²) in [4.78, 5) is 15.7. The number of sulfone groups is 1. The van der Waals surface area contributed by atoms with Gasteiger partial charge in [-0.3, -0.25) is 4.79 Å². The summed E-state index contributed by atoms with van der Waals surface area (Å²) in [5.41, 5.74) is 0.743. The zero-order chi connectivity index (χ0) is 19.9. The zero-order valence-electron chi connectivity index (χ0n) is 14.9. The Kier molecular flexibility index (Phi) is 4.89. The van der Waals surface area contributed by atoms with Gasteiger partial charge in [-0.05, 0) is 61.7 Å². The first kappa shape index (κ1) is 19.0. The molecule has 8 heteroatoms. The number of hydrogen-bond donors (Lipinski definition) is 0. The van der Waals surface area contributed by atoms with E-state index in [1.807, 2.05) is 0 Å². The predicted molar refractivity (Wildman–Crippen MR) is 106 cm³/mol. The van der Waals surface area contributed by atoms with Crippen LogP contribution in [0.1, 0.15) is 19.3 Å². The number of fused-ring (bicyclic) bond motifs is 1. The minimum atomic E-state index is -4.06. The molecule has 2 aliphatic heterocycles. The number of rotatable bonds is 2. The largest absolute Gasteiger partial charge is 0.338 e. The molecular formula is C20H18ClFN2O3S. The van der Waals surface area contributed by atoms with E-state index >= 15 is 0 Å². The predicted octanol–water partition coefficient (Wildman–Crippen LogP) is 4.26. The SMILES string of the molecule is O=C(C1=CN(c2ccc(Cl)cc2)c2cc(F)ccc2S1(=O)=O)N1CCCCC1. The number of carbonyl (C=O) groups excluding carboxylic acids is 1. The van der Waals surface area contributed by atoms with Gasteiger partial charge in [0.25, 0.3) is 5.91 Å². The minimum Gasteiger partial charge on any atom is -0.338 e. The molecule has 0 saturated carbocycles. The number of piperidine rings is 1. The van der Waals surface area contributed by atoms with E-state index < -0.39 is 21.6 Å². The number of nitrogens with zero attached hydrogens (tertiary/aromatic N) is 2. The number of halogens is 2. The molecule has 0 bridgehead atoms. The van der Waals surface area contributed by atoms with Gasteiger partial charge in [0.1, 0.15) is 5.82 Å². The van der Waals surface area contributed by atoms with Crippen LogP contribution < -0.4 is 4.90 Å². The first-order chi connectivity index (χ1) is 13.4. The van der Waals surface area contributed by atoms with Crippen LogP contribution in [0, 0.1) is 5.82 Å². The molecule has 0 unspecified atom stereocenters. The highest BCUT2D eigenvalue weighted by atomic mass is 35.5. The summed E-state index contributed by atoms with van der Waals surface area (Å²) in [5, 5.41) is 0.515. The van der Waals surface area contributed by atoms with Crippen molar-refractivity contribution < 1.29 is 17.6 Å². The molecule has 0 atom stereocenters. The molecule has 2 aliphatic rings. The smallest absolute Gasteiger partial charge is 0.267 e. The number of anilines is 2. The van der Waals surface area contributed by atoms with Crippen molar-refractivity contribution in [2.24, 2.45) is 0 Å². The molecule has 2 heterocycles. The second-order valence-electron chi connectivity index (χ2n) is 6.81. The summed E-state index contributed by atoms with van der Waals surface area (Å²) in [6.45, 7) is 1.06. The van der Waals surface area contributed by atoms with Crippen LogP contribution in [0.4, 0.5) is 15.8 Å². The van der Waals surface area contributed by atoms with E-state index in [1.165, 1.54) is 17.2 Å². The summed E-state index contributed by atoms with van der Waals surface area (Å²) < 4.78 is 40.2. The summed E-state index contributed by atoms with van der Waals surface area (Å²) in [5.74, 6) is -1.08. The van der Waals surface area contributed by atoms with Crippen LogP contribution in [0.25, 0.3) is 0 Å². The van der Waals surface area contributed by atoms with Crippen LogP contribution in [-0.4, -0.2) is 32.3 Å². The Hall–Kier alpha value is -2.38. The molecule has 146 valence electrons.